The van der Waals surface area contributed by atoms with Gasteiger partial charge in [0.1, 0.15) is 17.1 Å². The number of imidazole rings is 1. The molecule has 8 rings (SSSR count). The highest BCUT2D eigenvalue weighted by Gasteiger charge is 2.30. The normalized spacial score (nSPS) is 14.4. The molecule has 0 radical (unpaired) electrons. The first-order chi connectivity index (χ1) is 26.5. The zero-order chi connectivity index (χ0) is 38.5. The van der Waals surface area contributed by atoms with Crippen LogP contribution in [-0.2, 0) is 23.7 Å². The van der Waals surface area contributed by atoms with Crippen molar-refractivity contribution in [3.05, 3.63) is 118 Å². The van der Waals surface area contributed by atoms with Crippen LogP contribution in [0, 0.1) is 17.7 Å². The predicted molar refractivity (Wildman–Crippen MR) is 207 cm³/mol. The largest absolute Gasteiger partial charge is 0.464 e. The molecule has 3 amide bonds. The fourth-order valence-electron chi connectivity index (χ4n) is 7.32. The minimum Gasteiger partial charge on any atom is -0.464 e. The molecule has 0 spiro atoms. The molecule has 0 aliphatic carbocycles. The van der Waals surface area contributed by atoms with Crippen molar-refractivity contribution in [3.8, 4) is 34.2 Å². The number of rotatable bonds is 6. The molecule has 1 saturated heterocycles. The van der Waals surface area contributed by atoms with Crippen LogP contribution in [-0.4, -0.2) is 43.4 Å². The Bertz CT molecular complexity index is 2860. The second-order valence-corrected chi connectivity index (χ2v) is 14.0. The number of nitrogens with zero attached hydrogens (tertiary/aromatic N) is 4. The van der Waals surface area contributed by atoms with Crippen LogP contribution < -0.4 is 16.3 Å². The Kier molecular flexibility index (Phi) is 8.85. The zero-order valence-corrected chi connectivity index (χ0v) is 30.5. The fourth-order valence-corrected chi connectivity index (χ4v) is 7.32. The van der Waals surface area contributed by atoms with Crippen molar-refractivity contribution in [3.63, 3.8) is 0 Å². The summed E-state index contributed by atoms with van der Waals surface area (Å²) in [6, 6.07) is 18.4. The molecule has 274 valence electrons. The monoisotopic (exact) mass is 734 g/mol. The van der Waals surface area contributed by atoms with E-state index in [9.17, 15) is 23.6 Å². The lowest BCUT2D eigenvalue weighted by Gasteiger charge is -2.19. The van der Waals surface area contributed by atoms with E-state index in [1.165, 1.54) is 18.4 Å². The van der Waals surface area contributed by atoms with Crippen molar-refractivity contribution in [2.24, 2.45) is 14.1 Å². The highest BCUT2D eigenvalue weighted by molar-refractivity contribution is 6.03. The summed E-state index contributed by atoms with van der Waals surface area (Å²) in [4.78, 5) is 58.8. The minimum absolute atomic E-state index is 0.0636. The molecule has 0 saturated carbocycles. The van der Waals surface area contributed by atoms with Crippen molar-refractivity contribution >= 4 is 50.5 Å². The Morgan fingerprint density at radius 1 is 1.00 bits per heavy atom. The van der Waals surface area contributed by atoms with Crippen LogP contribution in [0.4, 0.5) is 4.39 Å². The van der Waals surface area contributed by atoms with E-state index >= 15 is 0 Å². The van der Waals surface area contributed by atoms with Crippen LogP contribution in [0.1, 0.15) is 65.7 Å². The second-order valence-electron chi connectivity index (χ2n) is 14.0. The van der Waals surface area contributed by atoms with Crippen LogP contribution in [0.5, 0.6) is 0 Å². The summed E-state index contributed by atoms with van der Waals surface area (Å²) in [5.74, 6) is 3.35. The number of aryl methyl sites for hydroxylation is 2. The summed E-state index contributed by atoms with van der Waals surface area (Å²) in [5, 5.41) is 7.50. The Hall–Kier alpha value is -6.87. The Morgan fingerprint density at radius 2 is 1.84 bits per heavy atom. The van der Waals surface area contributed by atoms with E-state index in [0.29, 0.717) is 23.1 Å². The number of halogens is 1. The lowest BCUT2D eigenvalue weighted by Crippen LogP contribution is -2.39. The van der Waals surface area contributed by atoms with Gasteiger partial charge in [-0.1, -0.05) is 43.9 Å². The molecule has 2 N–H and O–H groups in total. The van der Waals surface area contributed by atoms with Gasteiger partial charge in [0.05, 0.1) is 41.0 Å². The molecular formula is C43H35FN6O5. The maximum atomic E-state index is 14.8. The Morgan fingerprint density at radius 3 is 2.60 bits per heavy atom. The van der Waals surface area contributed by atoms with Gasteiger partial charge in [-0.3, -0.25) is 38.8 Å². The summed E-state index contributed by atoms with van der Waals surface area (Å²) >= 11 is 0. The number of benzene rings is 3. The van der Waals surface area contributed by atoms with E-state index in [-0.39, 0.29) is 47.3 Å². The van der Waals surface area contributed by atoms with E-state index in [1.807, 2.05) is 31.4 Å². The quantitative estimate of drug-likeness (QED) is 0.148. The third-order valence-electron chi connectivity index (χ3n) is 10.2. The SMILES string of the molecule is CC(C)c1cc(-c2cccc3cc(-c4ccc(C(=O)NCC#Cc5cc6c(C7CCC(=O)NC7=O)coc6cc5F)nc4)ncc23)cc2c1n(C)c(=O)n2C. The van der Waals surface area contributed by atoms with E-state index in [4.69, 9.17) is 9.40 Å². The van der Waals surface area contributed by atoms with E-state index in [2.05, 4.69) is 59.5 Å². The van der Waals surface area contributed by atoms with Crippen LogP contribution in [0.3, 0.4) is 0 Å². The standard InChI is InChI=1S/C43H35FN6O5/c1-23(2)30-16-27(18-37-40(30)50(4)43(54)49(37)3)28-9-5-7-24-17-36(47-21-32(24)28)26-10-12-35(46-20-26)42(53)45-14-6-8-25-15-31-33(22-55-38(31)19-34(25)44)29-11-13-39(51)48-41(29)52/h5,7,9-10,12,15-23,29H,11,13-14H2,1-4H3,(H,45,53)(H,48,51,52). The van der Waals surface area contributed by atoms with Crippen LogP contribution in [0.2, 0.25) is 0 Å². The highest BCUT2D eigenvalue weighted by Crippen LogP contribution is 2.36. The molecule has 1 atom stereocenters. The summed E-state index contributed by atoms with van der Waals surface area (Å²) < 4.78 is 23.7. The topological polar surface area (TPSA) is 141 Å². The van der Waals surface area contributed by atoms with Crippen molar-refractivity contribution in [2.45, 2.75) is 38.5 Å². The lowest BCUT2D eigenvalue weighted by molar-refractivity contribution is -0.134. The van der Waals surface area contributed by atoms with Gasteiger partial charge in [-0.15, -0.1) is 0 Å². The van der Waals surface area contributed by atoms with Crippen molar-refractivity contribution in [1.29, 1.82) is 0 Å². The summed E-state index contributed by atoms with van der Waals surface area (Å²) in [6.45, 7) is 4.19. The van der Waals surface area contributed by atoms with Gasteiger partial charge < -0.3 is 9.73 Å². The third kappa shape index (κ3) is 6.33. The first-order valence-electron chi connectivity index (χ1n) is 17.8. The number of carbonyl (C=O) groups excluding carboxylic acids is 3. The van der Waals surface area contributed by atoms with Gasteiger partial charge in [-0.05, 0) is 70.8 Å². The van der Waals surface area contributed by atoms with Crippen LogP contribution >= 0.6 is 0 Å². The number of nitrogens with one attached hydrogen (secondary N) is 2. The van der Waals surface area contributed by atoms with Gasteiger partial charge >= 0.3 is 5.69 Å². The molecule has 1 aliphatic rings. The summed E-state index contributed by atoms with van der Waals surface area (Å²) in [7, 11) is 3.60. The van der Waals surface area contributed by atoms with Crippen LogP contribution in [0.25, 0.3) is 55.2 Å². The maximum Gasteiger partial charge on any atom is 0.328 e. The highest BCUT2D eigenvalue weighted by atomic mass is 19.1. The minimum atomic E-state index is -0.603. The molecule has 1 aliphatic heterocycles. The number of fused-ring (bicyclic) bond motifs is 3. The molecule has 11 nitrogen and oxygen atoms in total. The van der Waals surface area contributed by atoms with Gasteiger partial charge in [0, 0.05) is 60.9 Å². The summed E-state index contributed by atoms with van der Waals surface area (Å²) in [5.41, 5.74) is 7.37. The van der Waals surface area contributed by atoms with Gasteiger partial charge in [-0.25, -0.2) is 9.18 Å². The molecule has 4 aromatic heterocycles. The number of pyridine rings is 2. The fraction of sp³-hybridized carbons (Fsp3) is 0.209. The lowest BCUT2D eigenvalue weighted by atomic mass is 9.90. The first kappa shape index (κ1) is 35.2. The number of amides is 3. The summed E-state index contributed by atoms with van der Waals surface area (Å²) in [6.07, 6.45) is 5.37. The Balaban J connectivity index is 0.977. The third-order valence-corrected chi connectivity index (χ3v) is 10.2. The zero-order valence-electron chi connectivity index (χ0n) is 30.5. The number of carbonyl (C=O) groups is 3. The molecule has 3 aromatic carbocycles. The van der Waals surface area contributed by atoms with Crippen molar-refractivity contribution < 1.29 is 23.2 Å². The first-order valence-corrected chi connectivity index (χ1v) is 17.8. The van der Waals surface area contributed by atoms with Gasteiger partial charge in [0.25, 0.3) is 5.91 Å². The molecule has 5 heterocycles. The number of imide groups is 1. The maximum absolute atomic E-state index is 14.8. The van der Waals surface area contributed by atoms with E-state index in [1.54, 1.807) is 34.5 Å². The van der Waals surface area contributed by atoms with Crippen molar-refractivity contribution in [1.82, 2.24) is 29.7 Å². The number of piperidine rings is 1. The number of hydrogen-bond acceptors (Lipinski definition) is 7. The van der Waals surface area contributed by atoms with E-state index in [0.717, 1.165) is 44.1 Å². The molecule has 55 heavy (non-hydrogen) atoms. The van der Waals surface area contributed by atoms with E-state index < -0.39 is 23.5 Å². The molecule has 12 heteroatoms. The molecule has 7 aromatic rings. The molecule has 1 unspecified atom stereocenters. The Labute approximate surface area is 314 Å². The number of hydrogen-bond donors (Lipinski definition) is 2. The molecular weight excluding hydrogens is 700 g/mol. The predicted octanol–water partition coefficient (Wildman–Crippen LogP) is 6.46. The molecule has 1 fully saturated rings. The average molecular weight is 735 g/mol. The van der Waals surface area contributed by atoms with Crippen molar-refractivity contribution in [2.75, 3.05) is 6.54 Å². The van der Waals surface area contributed by atoms with Gasteiger partial charge in [-0.2, -0.15) is 0 Å². The van der Waals surface area contributed by atoms with Gasteiger partial charge in [0.2, 0.25) is 11.8 Å². The number of furan rings is 1. The smallest absolute Gasteiger partial charge is 0.328 e. The van der Waals surface area contributed by atoms with Crippen LogP contribution in [0.15, 0.2) is 88.5 Å². The second kappa shape index (κ2) is 13.8. The number of aromatic nitrogens is 4. The van der Waals surface area contributed by atoms with Gasteiger partial charge in [0.15, 0.2) is 0 Å². The molecule has 0 bridgehead atoms. The average Bonchev–Trinajstić information content (AvgIpc) is 3.68.